The van der Waals surface area contributed by atoms with Gasteiger partial charge in [-0.05, 0) is 26.2 Å². The molecule has 0 saturated carbocycles. The fraction of sp³-hybridized carbons (Fsp3) is 0.462. The second-order valence-electron chi connectivity index (χ2n) is 4.48. The third-order valence-corrected chi connectivity index (χ3v) is 2.61. The average molecular weight is 265 g/mol. The lowest BCUT2D eigenvalue weighted by atomic mass is 10.2. The topological polar surface area (TPSA) is 73.7 Å². The molecule has 0 atom stereocenters. The van der Waals surface area contributed by atoms with E-state index in [1.54, 1.807) is 23.2 Å². The number of rotatable bonds is 7. The lowest BCUT2D eigenvalue weighted by molar-refractivity contribution is -0.137. The molecule has 0 aliphatic carbocycles. The molecule has 6 heteroatoms. The molecule has 1 aromatic heterocycles. The van der Waals surface area contributed by atoms with Crippen LogP contribution in [0.4, 0.5) is 0 Å². The number of carboxylic acid groups (broad SMARTS) is 1. The molecule has 0 unspecified atom stereocenters. The van der Waals surface area contributed by atoms with E-state index in [1.807, 2.05) is 19.0 Å². The van der Waals surface area contributed by atoms with Gasteiger partial charge in [-0.1, -0.05) is 0 Å². The van der Waals surface area contributed by atoms with Gasteiger partial charge in [0.25, 0.3) is 5.91 Å². The van der Waals surface area contributed by atoms with Gasteiger partial charge in [-0.2, -0.15) is 0 Å². The van der Waals surface area contributed by atoms with Crippen molar-refractivity contribution in [1.29, 1.82) is 0 Å². The Hall–Kier alpha value is -1.95. The van der Waals surface area contributed by atoms with Crippen molar-refractivity contribution >= 4 is 11.9 Å². The molecule has 0 spiro atoms. The van der Waals surface area contributed by atoms with Crippen LogP contribution in [-0.4, -0.2) is 65.5 Å². The molecule has 1 heterocycles. The fourth-order valence-corrected chi connectivity index (χ4v) is 1.54. The first-order chi connectivity index (χ1) is 9.00. The molecule has 1 aromatic rings. The van der Waals surface area contributed by atoms with E-state index in [1.165, 1.54) is 6.20 Å². The number of carbonyl (C=O) groups is 2. The third kappa shape index (κ3) is 5.48. The smallest absolute Gasteiger partial charge is 0.305 e. The van der Waals surface area contributed by atoms with Crippen molar-refractivity contribution in [2.24, 2.45) is 0 Å². The third-order valence-electron chi connectivity index (χ3n) is 2.61. The molecule has 0 bridgehead atoms. The van der Waals surface area contributed by atoms with Crippen molar-refractivity contribution < 1.29 is 14.7 Å². The number of amides is 1. The zero-order valence-electron chi connectivity index (χ0n) is 11.2. The number of pyridine rings is 1. The van der Waals surface area contributed by atoms with Crippen LogP contribution in [0.25, 0.3) is 0 Å². The summed E-state index contributed by atoms with van der Waals surface area (Å²) >= 11 is 0. The molecular formula is C13H19N3O3. The maximum absolute atomic E-state index is 12.2. The van der Waals surface area contributed by atoms with Crippen LogP contribution in [0.2, 0.25) is 0 Å². The van der Waals surface area contributed by atoms with E-state index < -0.39 is 5.97 Å². The molecule has 1 amide bonds. The van der Waals surface area contributed by atoms with Gasteiger partial charge < -0.3 is 14.9 Å². The summed E-state index contributed by atoms with van der Waals surface area (Å²) in [5.74, 6) is -1.09. The number of nitrogens with zero attached hydrogens (tertiary/aromatic N) is 3. The Morgan fingerprint density at radius 1 is 1.26 bits per heavy atom. The molecule has 0 saturated heterocycles. The number of likely N-dealkylation sites (N-methyl/N-ethyl adjacent to an activating group) is 1. The first-order valence-corrected chi connectivity index (χ1v) is 6.06. The zero-order chi connectivity index (χ0) is 14.3. The van der Waals surface area contributed by atoms with Gasteiger partial charge in [0, 0.05) is 32.0 Å². The number of aromatic nitrogens is 1. The predicted molar refractivity (Wildman–Crippen MR) is 70.9 cm³/mol. The molecule has 0 radical (unpaired) electrons. The molecular weight excluding hydrogens is 246 g/mol. The second-order valence-corrected chi connectivity index (χ2v) is 4.48. The minimum Gasteiger partial charge on any atom is -0.481 e. The molecule has 1 rings (SSSR count). The molecule has 0 aromatic carbocycles. The lowest BCUT2D eigenvalue weighted by Crippen LogP contribution is -2.38. The summed E-state index contributed by atoms with van der Waals surface area (Å²) < 4.78 is 0. The quantitative estimate of drug-likeness (QED) is 0.779. The van der Waals surface area contributed by atoms with Crippen molar-refractivity contribution in [3.8, 4) is 0 Å². The Kier molecular flexibility index (Phi) is 5.95. The normalized spacial score (nSPS) is 10.5. The summed E-state index contributed by atoms with van der Waals surface area (Å²) in [4.78, 5) is 30.3. The number of carboxylic acids is 1. The highest BCUT2D eigenvalue weighted by atomic mass is 16.4. The van der Waals surface area contributed by atoms with Gasteiger partial charge in [-0.15, -0.1) is 0 Å². The predicted octanol–water partition coefficient (Wildman–Crippen LogP) is 0.560. The fourth-order valence-electron chi connectivity index (χ4n) is 1.54. The van der Waals surface area contributed by atoms with Gasteiger partial charge in [-0.25, -0.2) is 0 Å². The van der Waals surface area contributed by atoms with Gasteiger partial charge in [-0.3, -0.25) is 14.6 Å². The minimum atomic E-state index is -0.908. The van der Waals surface area contributed by atoms with Crippen molar-refractivity contribution in [2.75, 3.05) is 33.7 Å². The van der Waals surface area contributed by atoms with Crippen LogP contribution < -0.4 is 0 Å². The van der Waals surface area contributed by atoms with E-state index in [-0.39, 0.29) is 18.9 Å². The van der Waals surface area contributed by atoms with Gasteiger partial charge >= 0.3 is 5.97 Å². The van der Waals surface area contributed by atoms with E-state index in [0.29, 0.717) is 18.7 Å². The number of hydrogen-bond donors (Lipinski definition) is 1. The van der Waals surface area contributed by atoms with E-state index in [0.717, 1.165) is 0 Å². The van der Waals surface area contributed by atoms with E-state index in [4.69, 9.17) is 5.11 Å². The second kappa shape index (κ2) is 7.48. The Morgan fingerprint density at radius 3 is 2.53 bits per heavy atom. The van der Waals surface area contributed by atoms with Crippen LogP contribution >= 0.6 is 0 Å². The van der Waals surface area contributed by atoms with Crippen LogP contribution in [0, 0.1) is 0 Å². The van der Waals surface area contributed by atoms with E-state index in [9.17, 15) is 9.59 Å². The maximum atomic E-state index is 12.2. The summed E-state index contributed by atoms with van der Waals surface area (Å²) in [6, 6.07) is 3.37. The Bertz CT molecular complexity index is 420. The average Bonchev–Trinajstić information content (AvgIpc) is 2.38. The zero-order valence-corrected chi connectivity index (χ0v) is 11.2. The van der Waals surface area contributed by atoms with Crippen LogP contribution in [0.15, 0.2) is 24.5 Å². The Balaban J connectivity index is 2.71. The standard InChI is InChI=1S/C13H19N3O3/c1-15(2)8-9-16(7-5-12(17)18)13(19)11-4-3-6-14-10-11/h3-4,6,10H,5,7-9H2,1-2H3,(H,17,18). The van der Waals surface area contributed by atoms with Crippen molar-refractivity contribution in [1.82, 2.24) is 14.8 Å². The summed E-state index contributed by atoms with van der Waals surface area (Å²) in [6.07, 6.45) is 3.03. The van der Waals surface area contributed by atoms with Gasteiger partial charge in [0.05, 0.1) is 12.0 Å². The molecule has 1 N–H and O–H groups in total. The maximum Gasteiger partial charge on any atom is 0.305 e. The number of carbonyl (C=O) groups excluding carboxylic acids is 1. The monoisotopic (exact) mass is 265 g/mol. The van der Waals surface area contributed by atoms with Crippen molar-refractivity contribution in [3.63, 3.8) is 0 Å². The van der Waals surface area contributed by atoms with Crippen molar-refractivity contribution in [2.45, 2.75) is 6.42 Å². The SMILES string of the molecule is CN(C)CCN(CCC(=O)O)C(=O)c1cccnc1. The molecule has 19 heavy (non-hydrogen) atoms. The largest absolute Gasteiger partial charge is 0.481 e. The van der Waals surface area contributed by atoms with Crippen molar-refractivity contribution in [3.05, 3.63) is 30.1 Å². The summed E-state index contributed by atoms with van der Waals surface area (Å²) in [5.41, 5.74) is 0.478. The molecule has 0 aliphatic heterocycles. The van der Waals surface area contributed by atoms with Gasteiger partial charge in [0.1, 0.15) is 0 Å². The van der Waals surface area contributed by atoms with E-state index >= 15 is 0 Å². The van der Waals surface area contributed by atoms with Crippen LogP contribution in [-0.2, 0) is 4.79 Å². The number of aliphatic carboxylic acids is 1. The summed E-state index contributed by atoms with van der Waals surface area (Å²) in [5, 5.41) is 8.73. The van der Waals surface area contributed by atoms with Gasteiger partial charge in [0.2, 0.25) is 0 Å². The highest BCUT2D eigenvalue weighted by Gasteiger charge is 2.16. The Labute approximate surface area is 112 Å². The molecule has 6 nitrogen and oxygen atoms in total. The van der Waals surface area contributed by atoms with Gasteiger partial charge in [0.15, 0.2) is 0 Å². The summed E-state index contributed by atoms with van der Waals surface area (Å²) in [7, 11) is 3.81. The minimum absolute atomic E-state index is 0.0561. The number of hydrogen-bond acceptors (Lipinski definition) is 4. The lowest BCUT2D eigenvalue weighted by Gasteiger charge is -2.23. The molecule has 104 valence electrons. The van der Waals surface area contributed by atoms with Crippen LogP contribution in [0.1, 0.15) is 16.8 Å². The van der Waals surface area contributed by atoms with Crippen LogP contribution in [0.3, 0.4) is 0 Å². The summed E-state index contributed by atoms with van der Waals surface area (Å²) in [6.45, 7) is 1.39. The molecule has 0 fully saturated rings. The van der Waals surface area contributed by atoms with E-state index in [2.05, 4.69) is 4.98 Å². The Morgan fingerprint density at radius 2 is 2.00 bits per heavy atom. The first-order valence-electron chi connectivity index (χ1n) is 6.06. The highest BCUT2D eigenvalue weighted by molar-refractivity contribution is 5.94. The first kappa shape index (κ1) is 15.1. The van der Waals surface area contributed by atoms with Crippen LogP contribution in [0.5, 0.6) is 0 Å². The molecule has 0 aliphatic rings. The highest BCUT2D eigenvalue weighted by Crippen LogP contribution is 2.04.